The number of nitrogens with zero attached hydrogens (tertiary/aromatic N) is 1. The number of rotatable bonds is 7. The summed E-state index contributed by atoms with van der Waals surface area (Å²) < 4.78 is 49.9. The van der Waals surface area contributed by atoms with Crippen molar-refractivity contribution in [2.45, 2.75) is 76.3 Å². The molecule has 2 fully saturated rings. The average molecular weight is 552 g/mol. The minimum atomic E-state index is -4.78. The van der Waals surface area contributed by atoms with Crippen LogP contribution in [0, 0.1) is 11.8 Å². The van der Waals surface area contributed by atoms with Crippen molar-refractivity contribution in [3.05, 3.63) is 58.1 Å². The molecule has 0 aromatic heterocycles. The molecule has 1 saturated heterocycles. The third-order valence-electron chi connectivity index (χ3n) is 8.62. The molecule has 1 unspecified atom stereocenters. The predicted molar refractivity (Wildman–Crippen MR) is 138 cm³/mol. The number of carbonyl (C=O) groups is 1. The molecule has 2 aromatic carbocycles. The summed E-state index contributed by atoms with van der Waals surface area (Å²) in [6, 6.07) is 10.1. The van der Waals surface area contributed by atoms with E-state index in [1.807, 2.05) is 6.92 Å². The first-order valence-corrected chi connectivity index (χ1v) is 13.7. The van der Waals surface area contributed by atoms with Crippen LogP contribution in [0.3, 0.4) is 0 Å². The molecule has 38 heavy (non-hydrogen) atoms. The Morgan fingerprint density at radius 1 is 1.13 bits per heavy atom. The highest BCUT2D eigenvalue weighted by Gasteiger charge is 2.43. The summed E-state index contributed by atoms with van der Waals surface area (Å²) >= 11 is 6.12. The van der Waals surface area contributed by atoms with E-state index in [1.54, 1.807) is 13.0 Å². The lowest BCUT2D eigenvalue weighted by Gasteiger charge is -2.46. The number of carboxylic acid groups (broad SMARTS) is 1. The fraction of sp³-hybridized carbons (Fsp3) is 0.552. The summed E-state index contributed by atoms with van der Waals surface area (Å²) in [4.78, 5) is 13.9. The molecule has 2 aromatic rings. The van der Waals surface area contributed by atoms with Crippen LogP contribution in [0.1, 0.15) is 74.6 Å². The number of benzene rings is 2. The monoisotopic (exact) mass is 551 g/mol. The van der Waals surface area contributed by atoms with Crippen LogP contribution in [-0.2, 0) is 11.2 Å². The number of ether oxygens (including phenoxy) is 2. The van der Waals surface area contributed by atoms with Crippen molar-refractivity contribution in [3.8, 4) is 11.5 Å². The molecule has 1 aliphatic carbocycles. The maximum absolute atomic E-state index is 13.0. The van der Waals surface area contributed by atoms with E-state index in [1.165, 1.54) is 12.1 Å². The van der Waals surface area contributed by atoms with E-state index < -0.39 is 18.2 Å². The number of halogens is 4. The van der Waals surface area contributed by atoms with Gasteiger partial charge in [-0.15, -0.1) is 13.2 Å². The van der Waals surface area contributed by atoms with E-state index in [0.29, 0.717) is 29.6 Å². The number of carboxylic acids is 1. The summed E-state index contributed by atoms with van der Waals surface area (Å²) in [7, 11) is 0. The molecule has 0 bridgehead atoms. The molecular formula is C29H33ClF3NO4. The Balaban J connectivity index is 1.30. The minimum Gasteiger partial charge on any atom is -0.487 e. The van der Waals surface area contributed by atoms with Crippen LogP contribution in [0.15, 0.2) is 36.4 Å². The van der Waals surface area contributed by atoms with Gasteiger partial charge in [0.1, 0.15) is 17.1 Å². The van der Waals surface area contributed by atoms with Crippen LogP contribution in [0.2, 0.25) is 5.02 Å². The van der Waals surface area contributed by atoms with Gasteiger partial charge in [-0.25, -0.2) is 0 Å². The molecule has 2 heterocycles. The lowest BCUT2D eigenvalue weighted by atomic mass is 9.80. The molecule has 3 aliphatic rings. The van der Waals surface area contributed by atoms with Gasteiger partial charge in [-0.1, -0.05) is 30.7 Å². The van der Waals surface area contributed by atoms with Crippen LogP contribution in [0.25, 0.3) is 0 Å². The SMILES string of the molecule is CC(c1cc(Cl)ccc1OC(F)(F)F)N1CCC2(CCc3ccc([C@H](C4CC4)[C@H](C)C(=O)O)cc3O2)CC1. The van der Waals surface area contributed by atoms with E-state index in [-0.39, 0.29) is 23.3 Å². The van der Waals surface area contributed by atoms with Crippen molar-refractivity contribution in [3.63, 3.8) is 0 Å². The average Bonchev–Trinajstić information content (AvgIpc) is 3.69. The second kappa shape index (κ2) is 10.3. The second-order valence-corrected chi connectivity index (χ2v) is 11.5. The fourth-order valence-corrected chi connectivity index (χ4v) is 6.42. The smallest absolute Gasteiger partial charge is 0.487 e. The molecule has 9 heteroatoms. The van der Waals surface area contributed by atoms with Crippen molar-refractivity contribution < 1.29 is 32.5 Å². The zero-order valence-corrected chi connectivity index (χ0v) is 22.3. The first-order chi connectivity index (χ1) is 17.9. The molecule has 1 N–H and O–H groups in total. The van der Waals surface area contributed by atoms with Gasteiger partial charge in [0, 0.05) is 29.7 Å². The first kappa shape index (κ1) is 27.1. The van der Waals surface area contributed by atoms with Gasteiger partial charge in [-0.05, 0) is 92.7 Å². The highest BCUT2D eigenvalue weighted by Crippen LogP contribution is 2.49. The maximum Gasteiger partial charge on any atom is 0.573 e. The molecule has 3 atom stereocenters. The number of aryl methyl sites for hydroxylation is 1. The summed E-state index contributed by atoms with van der Waals surface area (Å²) in [5.74, 6) is -0.241. The second-order valence-electron chi connectivity index (χ2n) is 11.1. The highest BCUT2D eigenvalue weighted by atomic mass is 35.5. The van der Waals surface area contributed by atoms with Gasteiger partial charge < -0.3 is 14.6 Å². The molecule has 5 nitrogen and oxygen atoms in total. The van der Waals surface area contributed by atoms with Crippen molar-refractivity contribution in [1.29, 1.82) is 0 Å². The molecule has 0 radical (unpaired) electrons. The topological polar surface area (TPSA) is 59.0 Å². The molecule has 5 rings (SSSR count). The molecular weight excluding hydrogens is 519 g/mol. The minimum absolute atomic E-state index is 0.0206. The summed E-state index contributed by atoms with van der Waals surface area (Å²) in [6.07, 6.45) is 0.575. The Morgan fingerprint density at radius 3 is 2.47 bits per heavy atom. The largest absolute Gasteiger partial charge is 0.573 e. The molecule has 206 valence electrons. The van der Waals surface area contributed by atoms with Gasteiger partial charge in [0.05, 0.1) is 5.92 Å². The normalized spacial score (nSPS) is 21.7. The van der Waals surface area contributed by atoms with Crippen molar-refractivity contribution in [1.82, 2.24) is 4.90 Å². The number of hydrogen-bond acceptors (Lipinski definition) is 4. The van der Waals surface area contributed by atoms with Gasteiger partial charge in [0.2, 0.25) is 0 Å². The van der Waals surface area contributed by atoms with Crippen LogP contribution in [0.4, 0.5) is 13.2 Å². The Morgan fingerprint density at radius 2 is 1.84 bits per heavy atom. The number of hydrogen-bond donors (Lipinski definition) is 1. The van der Waals surface area contributed by atoms with Crippen LogP contribution in [-0.4, -0.2) is 41.0 Å². The van der Waals surface area contributed by atoms with E-state index in [0.717, 1.165) is 55.4 Å². The van der Waals surface area contributed by atoms with Crippen LogP contribution >= 0.6 is 11.6 Å². The fourth-order valence-electron chi connectivity index (χ4n) is 6.24. The Kier molecular flexibility index (Phi) is 7.33. The highest BCUT2D eigenvalue weighted by molar-refractivity contribution is 6.30. The summed E-state index contributed by atoms with van der Waals surface area (Å²) in [6.45, 7) is 4.98. The van der Waals surface area contributed by atoms with Gasteiger partial charge in [-0.2, -0.15) is 0 Å². The quantitative estimate of drug-likeness (QED) is 0.389. The number of likely N-dealkylation sites (tertiary alicyclic amines) is 1. The Bertz CT molecular complexity index is 1190. The third kappa shape index (κ3) is 5.76. The number of fused-ring (bicyclic) bond motifs is 1. The predicted octanol–water partition coefficient (Wildman–Crippen LogP) is 7.37. The van der Waals surface area contributed by atoms with E-state index in [4.69, 9.17) is 16.3 Å². The lowest BCUT2D eigenvalue weighted by Crippen LogP contribution is -2.50. The first-order valence-electron chi connectivity index (χ1n) is 13.3. The number of alkyl halides is 3. The Labute approximate surface area is 225 Å². The van der Waals surface area contributed by atoms with Crippen LogP contribution in [0.5, 0.6) is 11.5 Å². The molecule has 1 spiro atoms. The van der Waals surface area contributed by atoms with Crippen molar-refractivity contribution in [2.24, 2.45) is 11.8 Å². The van der Waals surface area contributed by atoms with E-state index >= 15 is 0 Å². The Hall–Kier alpha value is -2.45. The zero-order valence-electron chi connectivity index (χ0n) is 21.6. The summed E-state index contributed by atoms with van der Waals surface area (Å²) in [5, 5.41) is 10.0. The number of aliphatic carboxylic acids is 1. The maximum atomic E-state index is 13.0. The zero-order chi connectivity index (χ0) is 27.2. The van der Waals surface area contributed by atoms with Gasteiger partial charge in [0.25, 0.3) is 0 Å². The van der Waals surface area contributed by atoms with Gasteiger partial charge in [-0.3, -0.25) is 9.69 Å². The van der Waals surface area contributed by atoms with Crippen LogP contribution < -0.4 is 9.47 Å². The molecule has 2 aliphatic heterocycles. The molecule has 0 amide bonds. The van der Waals surface area contributed by atoms with Crippen molar-refractivity contribution >= 4 is 17.6 Å². The lowest BCUT2D eigenvalue weighted by molar-refractivity contribution is -0.275. The summed E-state index contributed by atoms with van der Waals surface area (Å²) in [5.41, 5.74) is 2.24. The van der Waals surface area contributed by atoms with E-state index in [9.17, 15) is 23.1 Å². The standard InChI is InChI=1S/C29H33ClF3NO4/c1-17(27(35)36)26(20-4-5-20)21-6-3-19-9-10-28(37-25(19)15-21)11-13-34(14-12-28)18(2)23-16-22(30)7-8-24(23)38-29(31,32)33/h3,6-8,15-18,20,26H,4-5,9-14H2,1-2H3,(H,35,36)/t17-,18?,26-/m0/s1. The number of piperidine rings is 1. The van der Waals surface area contributed by atoms with E-state index in [2.05, 4.69) is 27.8 Å². The van der Waals surface area contributed by atoms with Gasteiger partial charge >= 0.3 is 12.3 Å². The van der Waals surface area contributed by atoms with Gasteiger partial charge in [0.15, 0.2) is 0 Å². The molecule has 1 saturated carbocycles. The third-order valence-corrected chi connectivity index (χ3v) is 8.85. The van der Waals surface area contributed by atoms with Crippen molar-refractivity contribution in [2.75, 3.05) is 13.1 Å².